The van der Waals surface area contributed by atoms with Crippen molar-refractivity contribution in [3.05, 3.63) is 47.8 Å². The van der Waals surface area contributed by atoms with Crippen molar-refractivity contribution in [2.24, 2.45) is 12.2 Å². The van der Waals surface area contributed by atoms with Crippen molar-refractivity contribution >= 4 is 26.7 Å². The van der Waals surface area contributed by atoms with Crippen molar-refractivity contribution in [3.8, 4) is 0 Å². The van der Waals surface area contributed by atoms with Gasteiger partial charge in [-0.3, -0.25) is 4.68 Å². The molecule has 0 aliphatic rings. The van der Waals surface area contributed by atoms with Crippen molar-refractivity contribution < 1.29 is 8.42 Å². The third kappa shape index (κ3) is 3.03. The number of pyridine rings is 1. The van der Waals surface area contributed by atoms with Crippen LogP contribution in [0.3, 0.4) is 0 Å². The van der Waals surface area contributed by atoms with Crippen LogP contribution in [0, 0.1) is 6.92 Å². The molecule has 0 saturated heterocycles. The Labute approximate surface area is 134 Å². The van der Waals surface area contributed by atoms with Crippen LogP contribution in [0.2, 0.25) is 0 Å². The second-order valence-electron chi connectivity index (χ2n) is 5.35. The number of anilines is 1. The zero-order valence-electron chi connectivity index (χ0n) is 12.8. The number of primary sulfonamides is 1. The average Bonchev–Trinajstić information content (AvgIpc) is 2.87. The second-order valence-corrected chi connectivity index (χ2v) is 6.91. The first-order chi connectivity index (χ1) is 10.9. The lowest BCUT2D eigenvalue weighted by molar-refractivity contribution is 0.597. The van der Waals surface area contributed by atoms with Gasteiger partial charge in [0.25, 0.3) is 0 Å². The first-order valence-electron chi connectivity index (χ1n) is 6.99. The molecule has 2 aromatic heterocycles. The maximum Gasteiger partial charge on any atom is 0.238 e. The monoisotopic (exact) mass is 331 g/mol. The lowest BCUT2D eigenvalue weighted by atomic mass is 10.1. The SMILES string of the molecule is Cc1cc(S(N)(=O)=O)ccc1CNc1ccnc2c1cnn2C. The lowest BCUT2D eigenvalue weighted by Gasteiger charge is -2.11. The first kappa shape index (κ1) is 15.4. The Morgan fingerprint density at radius 2 is 2.09 bits per heavy atom. The first-order valence-corrected chi connectivity index (χ1v) is 8.54. The maximum absolute atomic E-state index is 11.4. The number of hydrogen-bond acceptors (Lipinski definition) is 5. The number of fused-ring (bicyclic) bond motifs is 1. The molecule has 0 fully saturated rings. The van der Waals surface area contributed by atoms with Crippen molar-refractivity contribution in [1.82, 2.24) is 14.8 Å². The molecule has 8 heteroatoms. The van der Waals surface area contributed by atoms with E-state index in [4.69, 9.17) is 5.14 Å². The van der Waals surface area contributed by atoms with Crippen LogP contribution in [0.25, 0.3) is 11.0 Å². The van der Waals surface area contributed by atoms with Gasteiger partial charge >= 0.3 is 0 Å². The van der Waals surface area contributed by atoms with Crippen LogP contribution >= 0.6 is 0 Å². The maximum atomic E-state index is 11.4. The number of hydrogen-bond donors (Lipinski definition) is 2. The van der Waals surface area contributed by atoms with Gasteiger partial charge in [-0.05, 0) is 36.2 Å². The molecule has 0 aliphatic carbocycles. The molecule has 23 heavy (non-hydrogen) atoms. The fourth-order valence-electron chi connectivity index (χ4n) is 2.43. The van der Waals surface area contributed by atoms with Gasteiger partial charge in [0.05, 0.1) is 16.5 Å². The minimum atomic E-state index is -3.67. The molecule has 0 aliphatic heterocycles. The largest absolute Gasteiger partial charge is 0.380 e. The smallest absolute Gasteiger partial charge is 0.238 e. The van der Waals surface area contributed by atoms with Crippen molar-refractivity contribution in [1.29, 1.82) is 0 Å². The summed E-state index contributed by atoms with van der Waals surface area (Å²) in [6.07, 6.45) is 3.49. The molecule has 0 amide bonds. The number of nitrogens with one attached hydrogen (secondary N) is 1. The predicted molar refractivity (Wildman–Crippen MR) is 88.4 cm³/mol. The van der Waals surface area contributed by atoms with Gasteiger partial charge in [-0.2, -0.15) is 5.10 Å². The molecule has 1 aromatic carbocycles. The molecule has 0 saturated carbocycles. The summed E-state index contributed by atoms with van der Waals surface area (Å²) in [4.78, 5) is 4.41. The summed E-state index contributed by atoms with van der Waals surface area (Å²) in [5, 5.41) is 13.6. The second kappa shape index (κ2) is 5.64. The normalized spacial score (nSPS) is 11.8. The Morgan fingerprint density at radius 3 is 2.78 bits per heavy atom. The zero-order chi connectivity index (χ0) is 16.6. The van der Waals surface area contributed by atoms with E-state index in [9.17, 15) is 8.42 Å². The number of aryl methyl sites for hydroxylation is 2. The minimum absolute atomic E-state index is 0.123. The quantitative estimate of drug-likeness (QED) is 0.755. The van der Waals surface area contributed by atoms with E-state index in [1.807, 2.05) is 20.0 Å². The average molecular weight is 331 g/mol. The summed E-state index contributed by atoms with van der Waals surface area (Å²) in [7, 11) is -1.83. The standard InChI is InChI=1S/C15H17N5O2S/c1-10-7-12(23(16,21)22)4-3-11(10)8-18-14-5-6-17-15-13(14)9-19-20(15)2/h3-7,9H,8H2,1-2H3,(H,17,18)(H2,16,21,22). The third-order valence-corrected chi connectivity index (χ3v) is 4.66. The Bertz CT molecular complexity index is 979. The number of aromatic nitrogens is 3. The van der Waals surface area contributed by atoms with Gasteiger partial charge in [-0.25, -0.2) is 18.5 Å². The number of rotatable bonds is 4. The zero-order valence-corrected chi connectivity index (χ0v) is 13.6. The fourth-order valence-corrected chi connectivity index (χ4v) is 3.03. The van der Waals surface area contributed by atoms with E-state index < -0.39 is 10.0 Å². The van der Waals surface area contributed by atoms with Gasteiger partial charge in [0.2, 0.25) is 10.0 Å². The lowest BCUT2D eigenvalue weighted by Crippen LogP contribution is -2.13. The van der Waals surface area contributed by atoms with E-state index in [0.717, 1.165) is 27.8 Å². The summed E-state index contributed by atoms with van der Waals surface area (Å²) in [6, 6.07) is 6.76. The molecule has 3 aromatic rings. The Balaban J connectivity index is 1.85. The topological polar surface area (TPSA) is 103 Å². The molecular weight excluding hydrogens is 314 g/mol. The van der Waals surface area contributed by atoms with Crippen molar-refractivity contribution in [2.75, 3.05) is 5.32 Å². The van der Waals surface area contributed by atoms with Crippen LogP contribution in [0.1, 0.15) is 11.1 Å². The molecule has 120 valence electrons. The van der Waals surface area contributed by atoms with Crippen LogP contribution in [-0.4, -0.2) is 23.2 Å². The highest BCUT2D eigenvalue weighted by molar-refractivity contribution is 7.89. The molecule has 0 spiro atoms. The van der Waals surface area contributed by atoms with Gasteiger partial charge in [0.1, 0.15) is 0 Å². The van der Waals surface area contributed by atoms with Crippen molar-refractivity contribution in [2.45, 2.75) is 18.4 Å². The molecule has 0 atom stereocenters. The highest BCUT2D eigenvalue weighted by atomic mass is 32.2. The highest BCUT2D eigenvalue weighted by Gasteiger charge is 2.10. The highest BCUT2D eigenvalue weighted by Crippen LogP contribution is 2.22. The number of benzene rings is 1. The van der Waals surface area contributed by atoms with E-state index in [-0.39, 0.29) is 4.90 Å². The van der Waals surface area contributed by atoms with E-state index >= 15 is 0 Å². The Kier molecular flexibility index (Phi) is 3.78. The predicted octanol–water partition coefficient (Wildman–Crippen LogP) is 1.54. The van der Waals surface area contributed by atoms with E-state index in [1.54, 1.807) is 29.2 Å². The van der Waals surface area contributed by atoms with Crippen LogP contribution in [0.5, 0.6) is 0 Å². The van der Waals surface area contributed by atoms with Crippen LogP contribution in [-0.2, 0) is 23.6 Å². The van der Waals surface area contributed by atoms with Crippen molar-refractivity contribution in [3.63, 3.8) is 0 Å². The van der Waals surface area contributed by atoms with E-state index in [2.05, 4.69) is 15.4 Å². The van der Waals surface area contributed by atoms with Gasteiger partial charge in [0, 0.05) is 25.5 Å². The molecule has 0 radical (unpaired) electrons. The molecular formula is C15H17N5O2S. The Morgan fingerprint density at radius 1 is 1.30 bits per heavy atom. The van der Waals surface area contributed by atoms with E-state index in [1.165, 1.54) is 6.07 Å². The summed E-state index contributed by atoms with van der Waals surface area (Å²) < 4.78 is 24.5. The summed E-state index contributed by atoms with van der Waals surface area (Å²) in [5.41, 5.74) is 3.58. The molecule has 3 rings (SSSR count). The van der Waals surface area contributed by atoms with Crippen LogP contribution < -0.4 is 10.5 Å². The minimum Gasteiger partial charge on any atom is -0.380 e. The summed E-state index contributed by atoms with van der Waals surface area (Å²) in [6.45, 7) is 2.42. The molecule has 0 bridgehead atoms. The van der Waals surface area contributed by atoms with Crippen LogP contribution in [0.4, 0.5) is 5.69 Å². The van der Waals surface area contributed by atoms with Gasteiger partial charge in [0.15, 0.2) is 5.65 Å². The molecule has 3 N–H and O–H groups in total. The van der Waals surface area contributed by atoms with Gasteiger partial charge < -0.3 is 5.32 Å². The van der Waals surface area contributed by atoms with Crippen LogP contribution in [0.15, 0.2) is 41.6 Å². The van der Waals surface area contributed by atoms with Gasteiger partial charge in [-0.15, -0.1) is 0 Å². The Hall–Kier alpha value is -2.45. The van der Waals surface area contributed by atoms with Gasteiger partial charge in [-0.1, -0.05) is 6.07 Å². The summed E-state index contributed by atoms with van der Waals surface area (Å²) >= 11 is 0. The number of nitrogens with zero attached hydrogens (tertiary/aromatic N) is 3. The fraction of sp³-hybridized carbons (Fsp3) is 0.200. The number of nitrogens with two attached hydrogens (primary N) is 1. The summed E-state index contributed by atoms with van der Waals surface area (Å²) in [5.74, 6) is 0. The molecule has 2 heterocycles. The molecule has 0 unspecified atom stereocenters. The molecule has 7 nitrogen and oxygen atoms in total. The van der Waals surface area contributed by atoms with E-state index in [0.29, 0.717) is 6.54 Å². The third-order valence-electron chi connectivity index (χ3n) is 3.75. The number of sulfonamides is 1.